The molecule has 0 spiro atoms. The zero-order valence-corrected chi connectivity index (χ0v) is 34.0. The number of aliphatic carboxylic acids is 2. The van der Waals surface area contributed by atoms with Crippen molar-refractivity contribution in [2.24, 2.45) is 0 Å². The Hall–Kier alpha value is -6.04. The summed E-state index contributed by atoms with van der Waals surface area (Å²) in [5.74, 6) is -1.40. The number of carboxylic acids is 2. The Morgan fingerprint density at radius 2 is 1.50 bits per heavy atom. The molecule has 5 aromatic rings. The Bertz CT molecular complexity index is 2330. The summed E-state index contributed by atoms with van der Waals surface area (Å²) in [4.78, 5) is 29.3. The number of aliphatic hydroxyl groups excluding tert-OH is 2. The van der Waals surface area contributed by atoms with Gasteiger partial charge in [-0.05, 0) is 102 Å². The molecule has 1 heterocycles. The van der Waals surface area contributed by atoms with Gasteiger partial charge in [-0.3, -0.25) is 14.6 Å². The summed E-state index contributed by atoms with van der Waals surface area (Å²) in [6, 6.07) is 21.5. The minimum atomic E-state index is -1.08. The van der Waals surface area contributed by atoms with E-state index < -0.39 is 30.0 Å². The number of ether oxygens (including phenoxy) is 3. The van der Waals surface area contributed by atoms with Crippen LogP contribution in [0.3, 0.4) is 0 Å². The van der Waals surface area contributed by atoms with Gasteiger partial charge in [0.25, 0.3) is 0 Å². The van der Waals surface area contributed by atoms with Crippen LogP contribution < -0.4 is 19.5 Å². The van der Waals surface area contributed by atoms with Gasteiger partial charge >= 0.3 is 11.9 Å². The fourth-order valence-corrected chi connectivity index (χ4v) is 6.96. The average molecular weight is 840 g/mol. The van der Waals surface area contributed by atoms with Crippen LogP contribution in [0.15, 0.2) is 85.2 Å². The molecule has 0 fully saturated rings. The number of nitrogens with zero attached hydrogens (tertiary/aromatic N) is 2. The largest absolute Gasteiger partial charge is 0.492 e. The third kappa shape index (κ3) is 12.7. The molecular weight excluding hydrogens is 793 g/mol. The minimum absolute atomic E-state index is 0.0995. The molecule has 0 saturated carbocycles. The predicted octanol–water partition coefficient (Wildman–Crippen LogP) is 8.50. The molecule has 0 aliphatic heterocycles. The normalized spacial score (nSPS) is 12.0. The van der Waals surface area contributed by atoms with Gasteiger partial charge in [-0.1, -0.05) is 48.0 Å². The second kappa shape index (κ2) is 21.8. The third-order valence-electron chi connectivity index (χ3n) is 9.83. The topological polar surface area (TPSA) is 172 Å². The highest BCUT2D eigenvalue weighted by atomic mass is 35.5. The quantitative estimate of drug-likeness (QED) is 0.0334. The molecule has 0 radical (unpaired) electrons. The van der Waals surface area contributed by atoms with Gasteiger partial charge in [0.15, 0.2) is 0 Å². The number of rotatable bonds is 22. The maximum absolute atomic E-state index is 15.6. The number of pyridine rings is 1. The molecule has 2 atom stereocenters. The molecule has 0 unspecified atom stereocenters. The van der Waals surface area contributed by atoms with Crippen molar-refractivity contribution in [1.29, 1.82) is 0 Å². The molecule has 0 aliphatic carbocycles. The lowest BCUT2D eigenvalue weighted by atomic mass is 9.89. The first-order valence-corrected chi connectivity index (χ1v) is 19.7. The van der Waals surface area contributed by atoms with Crippen LogP contribution in [0.1, 0.15) is 53.5 Å². The van der Waals surface area contributed by atoms with Crippen molar-refractivity contribution in [3.8, 4) is 39.5 Å². The predicted molar refractivity (Wildman–Crippen MR) is 225 cm³/mol. The van der Waals surface area contributed by atoms with Crippen LogP contribution >= 0.6 is 11.6 Å². The van der Waals surface area contributed by atoms with Gasteiger partial charge in [0.2, 0.25) is 5.69 Å². The van der Waals surface area contributed by atoms with Crippen molar-refractivity contribution < 1.29 is 48.6 Å². The van der Waals surface area contributed by atoms with E-state index in [1.165, 1.54) is 12.3 Å². The molecule has 314 valence electrons. The first-order chi connectivity index (χ1) is 28.8. The number of carbonyl (C=O) groups is 2. The van der Waals surface area contributed by atoms with E-state index in [4.69, 9.17) is 42.6 Å². The van der Waals surface area contributed by atoms with E-state index >= 15 is 4.39 Å². The van der Waals surface area contributed by atoms with Gasteiger partial charge in [-0.25, -0.2) is 9.24 Å². The first-order valence-electron chi connectivity index (χ1n) is 19.3. The maximum atomic E-state index is 15.6. The van der Waals surface area contributed by atoms with Crippen LogP contribution in [-0.4, -0.2) is 69.3 Å². The Morgan fingerprint density at radius 1 is 0.817 bits per heavy atom. The molecule has 1 aromatic heterocycles. The molecule has 0 saturated heterocycles. The number of hydrogen-bond donors (Lipinski definition) is 5. The molecule has 5 N–H and O–H groups in total. The standard InChI is InChI=1S/C46H47ClFN3O9/c1-28-32(27-60-44-22-43(59-26-30-17-33(49-3)24-51-23-30)31(18-41(44)47)7-4-9-34(52)19-45(54)55)8-5-10-37(28)38-11-6-12-39(29(38)2)40-14-13-36(21-42(40)48)58-16-15-50-25-35(53)20-46(56)57/h5-6,8,10-14,17-18,21-24,34-35,50,52-53H,4,7,9,15-16,19-20,25-27H2,1-2H3,(H,54,55)(H,56,57)/t34-,35+/m1/s1. The highest BCUT2D eigenvalue weighted by molar-refractivity contribution is 6.32. The number of carboxylic acid groups (broad SMARTS) is 2. The van der Waals surface area contributed by atoms with Gasteiger partial charge in [-0.2, -0.15) is 0 Å². The van der Waals surface area contributed by atoms with Gasteiger partial charge in [0.05, 0.1) is 36.6 Å². The lowest BCUT2D eigenvalue weighted by Gasteiger charge is -2.18. The SMILES string of the molecule is [C-]#[N+]c1cncc(COc2cc(OCc3cccc(-c4cccc(-c5ccc(OCCNC[C@@H](O)CC(=O)O)cc5F)c4C)c3C)c(Cl)cc2CCC[C@@H](O)CC(=O)O)c1. The van der Waals surface area contributed by atoms with E-state index in [0.717, 1.165) is 38.9 Å². The summed E-state index contributed by atoms with van der Waals surface area (Å²) in [6.45, 7) is 12.2. The summed E-state index contributed by atoms with van der Waals surface area (Å²) < 4.78 is 33.8. The summed E-state index contributed by atoms with van der Waals surface area (Å²) in [5, 5.41) is 40.8. The van der Waals surface area contributed by atoms with Crippen LogP contribution in [0.5, 0.6) is 17.2 Å². The smallest absolute Gasteiger partial charge is 0.306 e. The van der Waals surface area contributed by atoms with Gasteiger partial charge in [0, 0.05) is 43.2 Å². The highest BCUT2D eigenvalue weighted by Gasteiger charge is 2.18. The molecule has 5 rings (SSSR count). The van der Waals surface area contributed by atoms with Crippen molar-refractivity contribution in [2.45, 2.75) is 71.4 Å². The fourth-order valence-electron chi connectivity index (χ4n) is 6.72. The number of aliphatic hydroxyl groups is 2. The monoisotopic (exact) mass is 839 g/mol. The zero-order valence-electron chi connectivity index (χ0n) is 33.3. The summed E-state index contributed by atoms with van der Waals surface area (Å²) in [6.07, 6.45) is 1.61. The Labute approximate surface area is 353 Å². The van der Waals surface area contributed by atoms with E-state index in [9.17, 15) is 19.8 Å². The lowest BCUT2D eigenvalue weighted by molar-refractivity contribution is -0.140. The molecule has 60 heavy (non-hydrogen) atoms. The number of nitrogens with one attached hydrogen (secondary N) is 1. The van der Waals surface area contributed by atoms with Gasteiger partial charge < -0.3 is 40.0 Å². The Balaban J connectivity index is 1.30. The molecular formula is C46H47ClFN3O9. The lowest BCUT2D eigenvalue weighted by Crippen LogP contribution is -2.31. The van der Waals surface area contributed by atoms with Gasteiger partial charge in [-0.15, -0.1) is 0 Å². The molecule has 0 bridgehead atoms. The Morgan fingerprint density at radius 3 is 2.22 bits per heavy atom. The highest BCUT2D eigenvalue weighted by Crippen LogP contribution is 2.38. The number of halogens is 2. The van der Waals surface area contributed by atoms with E-state index in [1.807, 2.05) is 50.2 Å². The number of hydrogen-bond acceptors (Lipinski definition) is 9. The summed E-state index contributed by atoms with van der Waals surface area (Å²) in [5.41, 5.74) is 7.56. The maximum Gasteiger partial charge on any atom is 0.306 e. The van der Waals surface area contributed by atoms with Crippen molar-refractivity contribution in [3.05, 3.63) is 135 Å². The minimum Gasteiger partial charge on any atom is -0.492 e. The average Bonchev–Trinajstić information content (AvgIpc) is 3.20. The Kier molecular flexibility index (Phi) is 16.4. The van der Waals surface area contributed by atoms with E-state index in [0.29, 0.717) is 58.5 Å². The molecule has 0 amide bonds. The van der Waals surface area contributed by atoms with Crippen molar-refractivity contribution in [1.82, 2.24) is 10.3 Å². The van der Waals surface area contributed by atoms with Crippen molar-refractivity contribution in [2.75, 3.05) is 19.7 Å². The van der Waals surface area contributed by atoms with Crippen LogP contribution in [-0.2, 0) is 29.2 Å². The van der Waals surface area contributed by atoms with Gasteiger partial charge in [0.1, 0.15) is 42.9 Å². The molecule has 14 heteroatoms. The number of aromatic nitrogens is 1. The zero-order chi connectivity index (χ0) is 43.2. The van der Waals surface area contributed by atoms with Crippen molar-refractivity contribution >= 4 is 29.2 Å². The van der Waals surface area contributed by atoms with Crippen LogP contribution in [0.4, 0.5) is 10.1 Å². The summed E-state index contributed by atoms with van der Waals surface area (Å²) in [7, 11) is 0. The van der Waals surface area contributed by atoms with Crippen LogP contribution in [0.25, 0.3) is 27.1 Å². The second-order valence-corrected chi connectivity index (χ2v) is 14.7. The van der Waals surface area contributed by atoms with E-state index in [-0.39, 0.29) is 45.6 Å². The van der Waals surface area contributed by atoms with Crippen LogP contribution in [0.2, 0.25) is 5.02 Å². The molecule has 0 aliphatic rings. The second-order valence-electron chi connectivity index (χ2n) is 14.3. The van der Waals surface area contributed by atoms with E-state index in [1.54, 1.807) is 36.5 Å². The number of aryl methyl sites for hydroxylation is 1. The van der Waals surface area contributed by atoms with Crippen LogP contribution in [0, 0.1) is 26.2 Å². The first kappa shape index (κ1) is 45.1. The molecule has 12 nitrogen and oxygen atoms in total. The van der Waals surface area contributed by atoms with E-state index in [2.05, 4.69) is 15.1 Å². The van der Waals surface area contributed by atoms with Crippen molar-refractivity contribution in [3.63, 3.8) is 0 Å². The summed E-state index contributed by atoms with van der Waals surface area (Å²) >= 11 is 6.77. The number of benzene rings is 4. The fraction of sp³-hybridized carbons (Fsp3) is 0.304. The molecule has 4 aromatic carbocycles. The third-order valence-corrected chi connectivity index (χ3v) is 10.1.